The van der Waals surface area contributed by atoms with Gasteiger partial charge >= 0.3 is 0 Å². The number of pyridine rings is 1. The van der Waals surface area contributed by atoms with Crippen molar-refractivity contribution >= 4 is 28.6 Å². The third-order valence-electron chi connectivity index (χ3n) is 4.01. The van der Waals surface area contributed by atoms with Gasteiger partial charge in [-0.2, -0.15) is 0 Å². The minimum atomic E-state index is -1.44. The molecular weight excluding hydrogens is 374 g/mol. The quantitative estimate of drug-likeness (QED) is 0.505. The van der Waals surface area contributed by atoms with Gasteiger partial charge in [-0.1, -0.05) is 86.9 Å². The number of allylic oxidation sites excluding steroid dienone is 2. The lowest BCUT2D eigenvalue weighted by molar-refractivity contribution is 0.488. The van der Waals surface area contributed by atoms with Crippen LogP contribution in [0.1, 0.15) is 52.9 Å². The molecule has 1 aromatic rings. The highest BCUT2D eigenvalue weighted by Crippen LogP contribution is 2.28. The van der Waals surface area contributed by atoms with Crippen LogP contribution in [-0.2, 0) is 0 Å². The minimum Gasteiger partial charge on any atom is -0.414 e. The molecule has 5 heteroatoms. The van der Waals surface area contributed by atoms with Gasteiger partial charge in [0.15, 0.2) is 0 Å². The summed E-state index contributed by atoms with van der Waals surface area (Å²) >= 11 is 0. The SMILES string of the molecule is CC(C)(C)/C(=C\c1cccc(/C=C(/N[Si](C)(C)C)C(C)(C)C)n1)N[Si](C)(C)C. The summed E-state index contributed by atoms with van der Waals surface area (Å²) in [6.45, 7) is 27.5. The first kappa shape index (κ1) is 24.7. The van der Waals surface area contributed by atoms with Crippen molar-refractivity contribution in [1.82, 2.24) is 14.9 Å². The molecule has 1 heterocycles. The first-order valence-electron chi connectivity index (χ1n) is 10.3. The second-order valence-corrected chi connectivity index (χ2v) is 21.4. The molecule has 0 fully saturated rings. The molecule has 0 aliphatic rings. The van der Waals surface area contributed by atoms with Crippen molar-refractivity contribution in [1.29, 1.82) is 0 Å². The van der Waals surface area contributed by atoms with Gasteiger partial charge < -0.3 is 9.96 Å². The highest BCUT2D eigenvalue weighted by atomic mass is 28.3. The van der Waals surface area contributed by atoms with Crippen molar-refractivity contribution in [3.8, 4) is 0 Å². The van der Waals surface area contributed by atoms with Gasteiger partial charge in [-0.3, -0.25) is 0 Å². The highest BCUT2D eigenvalue weighted by Gasteiger charge is 2.24. The Morgan fingerprint density at radius 3 is 1.29 bits per heavy atom. The lowest BCUT2D eigenvalue weighted by Crippen LogP contribution is -2.43. The number of nitrogens with zero attached hydrogens (tertiary/aromatic N) is 1. The summed E-state index contributed by atoms with van der Waals surface area (Å²) in [5.41, 5.74) is 4.65. The van der Waals surface area contributed by atoms with Gasteiger partial charge in [0.25, 0.3) is 0 Å². The molecule has 0 amide bonds. The molecule has 0 atom stereocenters. The van der Waals surface area contributed by atoms with E-state index in [2.05, 4.69) is 121 Å². The van der Waals surface area contributed by atoms with Crippen molar-refractivity contribution in [2.45, 2.75) is 80.8 Å². The van der Waals surface area contributed by atoms with Crippen molar-refractivity contribution in [2.75, 3.05) is 0 Å². The lowest BCUT2D eigenvalue weighted by Gasteiger charge is -2.31. The van der Waals surface area contributed by atoms with E-state index in [1.807, 2.05) is 0 Å². The maximum absolute atomic E-state index is 4.94. The van der Waals surface area contributed by atoms with Gasteiger partial charge in [0, 0.05) is 22.2 Å². The van der Waals surface area contributed by atoms with Crippen LogP contribution in [0, 0.1) is 10.8 Å². The molecule has 0 spiro atoms. The Morgan fingerprint density at radius 1 is 0.714 bits per heavy atom. The predicted octanol–water partition coefficient (Wildman–Crippen LogP) is 6.70. The molecule has 2 N–H and O–H groups in total. The average Bonchev–Trinajstić information content (AvgIpc) is 2.41. The number of hydrogen-bond donors (Lipinski definition) is 2. The number of nitrogens with one attached hydrogen (secondary N) is 2. The molecule has 0 unspecified atom stereocenters. The van der Waals surface area contributed by atoms with Crippen LogP contribution in [0.3, 0.4) is 0 Å². The first-order valence-corrected chi connectivity index (χ1v) is 17.3. The molecule has 0 aromatic carbocycles. The predicted molar refractivity (Wildman–Crippen MR) is 132 cm³/mol. The molecule has 0 aliphatic heterocycles. The van der Waals surface area contributed by atoms with Crippen LogP contribution in [0.15, 0.2) is 29.6 Å². The molecule has 0 bridgehead atoms. The van der Waals surface area contributed by atoms with Crippen molar-refractivity contribution in [3.63, 3.8) is 0 Å². The molecule has 3 nitrogen and oxygen atoms in total. The molecule has 1 aromatic heterocycles. The van der Waals surface area contributed by atoms with Crippen LogP contribution < -0.4 is 9.96 Å². The van der Waals surface area contributed by atoms with Crippen LogP contribution in [-0.4, -0.2) is 21.5 Å². The standard InChI is InChI=1S/C23H43N3Si2/c1-22(2,3)20(25-27(7,8)9)16-18-14-13-15-19(24-18)17-21(23(4,5)6)26-28(10,11)12/h13-17,25-26H,1-12H3/b20-16+,21-17+. The van der Waals surface area contributed by atoms with Crippen molar-refractivity contribution < 1.29 is 0 Å². The minimum absolute atomic E-state index is 0.0593. The van der Waals surface area contributed by atoms with Crippen LogP contribution in [0.4, 0.5) is 0 Å². The van der Waals surface area contributed by atoms with E-state index in [4.69, 9.17) is 4.98 Å². The Labute approximate surface area is 176 Å². The zero-order valence-corrected chi connectivity index (χ0v) is 22.3. The van der Waals surface area contributed by atoms with Gasteiger partial charge in [0.05, 0.1) is 11.4 Å². The molecular formula is C23H43N3Si2. The Morgan fingerprint density at radius 2 is 1.04 bits per heavy atom. The fourth-order valence-corrected chi connectivity index (χ4v) is 5.12. The maximum atomic E-state index is 4.94. The molecule has 1 rings (SSSR count). The Kier molecular flexibility index (Phi) is 7.57. The van der Waals surface area contributed by atoms with Gasteiger partial charge in [0.1, 0.15) is 16.5 Å². The fourth-order valence-electron chi connectivity index (χ4n) is 2.61. The van der Waals surface area contributed by atoms with E-state index in [1.165, 1.54) is 11.4 Å². The Hall–Kier alpha value is -1.34. The van der Waals surface area contributed by atoms with E-state index < -0.39 is 16.5 Å². The number of hydrogen-bond acceptors (Lipinski definition) is 3. The molecule has 28 heavy (non-hydrogen) atoms. The zero-order chi connectivity index (χ0) is 22.0. The van der Waals surface area contributed by atoms with Crippen LogP contribution in [0.2, 0.25) is 39.3 Å². The monoisotopic (exact) mass is 417 g/mol. The number of rotatable bonds is 6. The Balaban J connectivity index is 3.36. The van der Waals surface area contributed by atoms with Crippen molar-refractivity contribution in [2.24, 2.45) is 10.8 Å². The summed E-state index contributed by atoms with van der Waals surface area (Å²) in [5, 5.41) is 0. The largest absolute Gasteiger partial charge is 0.414 e. The third-order valence-corrected chi connectivity index (χ3v) is 6.05. The summed E-state index contributed by atoms with van der Waals surface area (Å²) in [6, 6.07) is 6.30. The van der Waals surface area contributed by atoms with E-state index in [-0.39, 0.29) is 10.8 Å². The molecule has 0 radical (unpaired) electrons. The van der Waals surface area contributed by atoms with Crippen LogP contribution in [0.25, 0.3) is 12.2 Å². The molecule has 158 valence electrons. The molecule has 0 saturated carbocycles. The second-order valence-electron chi connectivity index (χ2n) is 11.9. The van der Waals surface area contributed by atoms with E-state index in [0.717, 1.165) is 11.4 Å². The fraction of sp³-hybridized carbons (Fsp3) is 0.609. The zero-order valence-electron chi connectivity index (χ0n) is 20.3. The van der Waals surface area contributed by atoms with Gasteiger partial charge in [-0.05, 0) is 24.3 Å². The first-order chi connectivity index (χ1) is 12.4. The van der Waals surface area contributed by atoms with Crippen LogP contribution in [0.5, 0.6) is 0 Å². The summed E-state index contributed by atoms with van der Waals surface area (Å²) in [4.78, 5) is 12.5. The van der Waals surface area contributed by atoms with E-state index >= 15 is 0 Å². The highest BCUT2D eigenvalue weighted by molar-refractivity contribution is 6.74. The Bertz CT molecular complexity index is 663. The smallest absolute Gasteiger partial charge is 0.144 e. The van der Waals surface area contributed by atoms with Crippen molar-refractivity contribution in [3.05, 3.63) is 41.0 Å². The topological polar surface area (TPSA) is 37.0 Å². The van der Waals surface area contributed by atoms with E-state index in [9.17, 15) is 0 Å². The maximum Gasteiger partial charge on any atom is 0.144 e. The van der Waals surface area contributed by atoms with Gasteiger partial charge in [-0.15, -0.1) is 0 Å². The van der Waals surface area contributed by atoms with E-state index in [0.29, 0.717) is 0 Å². The van der Waals surface area contributed by atoms with Crippen LogP contribution >= 0.6 is 0 Å². The van der Waals surface area contributed by atoms with E-state index in [1.54, 1.807) is 0 Å². The average molecular weight is 418 g/mol. The summed E-state index contributed by atoms with van der Waals surface area (Å²) in [7, 11) is -2.88. The summed E-state index contributed by atoms with van der Waals surface area (Å²) < 4.78 is 0. The van der Waals surface area contributed by atoms with Gasteiger partial charge in [-0.25, -0.2) is 4.98 Å². The summed E-state index contributed by atoms with van der Waals surface area (Å²) in [6.07, 6.45) is 4.44. The third kappa shape index (κ3) is 9.24. The lowest BCUT2D eigenvalue weighted by atomic mass is 9.91. The summed E-state index contributed by atoms with van der Waals surface area (Å²) in [5.74, 6) is 0. The normalized spacial score (nSPS) is 14.9. The second kappa shape index (κ2) is 8.58. The molecule has 0 saturated heterocycles. The number of aromatic nitrogens is 1. The molecule has 0 aliphatic carbocycles. The van der Waals surface area contributed by atoms with Gasteiger partial charge in [0.2, 0.25) is 0 Å².